The lowest BCUT2D eigenvalue weighted by molar-refractivity contribution is -0.127. The number of rotatable bonds is 5. The maximum absolute atomic E-state index is 12.1. The van der Waals surface area contributed by atoms with Crippen molar-refractivity contribution in [2.75, 3.05) is 0 Å². The molecule has 1 aliphatic rings. The number of carbonyl (C=O) groups is 1. The molecule has 1 saturated carbocycles. The van der Waals surface area contributed by atoms with E-state index < -0.39 is 0 Å². The second-order valence-electron chi connectivity index (χ2n) is 5.71. The molecule has 0 aromatic carbocycles. The second kappa shape index (κ2) is 7.00. The Morgan fingerprint density at radius 2 is 2.00 bits per heavy atom. The van der Waals surface area contributed by atoms with Crippen molar-refractivity contribution in [3.63, 3.8) is 0 Å². The lowest BCUT2D eigenvalue weighted by Gasteiger charge is -2.29. The average Bonchev–Trinajstić information content (AvgIpc) is 2.29. The molecule has 0 aromatic heterocycles. The zero-order valence-electron chi connectivity index (χ0n) is 11.5. The van der Waals surface area contributed by atoms with Crippen molar-refractivity contribution in [3.8, 4) is 0 Å². The lowest BCUT2D eigenvalue weighted by atomic mass is 9.84. The van der Waals surface area contributed by atoms with E-state index in [0.29, 0.717) is 5.92 Å². The number of nitrogens with one attached hydrogen (secondary N) is 1. The Bertz CT molecular complexity index is 242. The van der Waals surface area contributed by atoms with Gasteiger partial charge in [0.2, 0.25) is 5.91 Å². The van der Waals surface area contributed by atoms with E-state index >= 15 is 0 Å². The SMILES string of the molecule is CCC(C)CC(C)NC(=O)C1CCCCC1N. The van der Waals surface area contributed by atoms with Crippen LogP contribution in [-0.2, 0) is 4.79 Å². The first-order valence-corrected chi connectivity index (χ1v) is 7.10. The fourth-order valence-electron chi connectivity index (χ4n) is 2.66. The largest absolute Gasteiger partial charge is 0.353 e. The molecule has 0 aromatic rings. The second-order valence-corrected chi connectivity index (χ2v) is 5.71. The van der Waals surface area contributed by atoms with Crippen LogP contribution >= 0.6 is 0 Å². The summed E-state index contributed by atoms with van der Waals surface area (Å²) in [4.78, 5) is 12.1. The van der Waals surface area contributed by atoms with Gasteiger partial charge in [0.25, 0.3) is 0 Å². The molecule has 0 aliphatic heterocycles. The number of nitrogens with two attached hydrogens (primary N) is 1. The van der Waals surface area contributed by atoms with Crippen LogP contribution < -0.4 is 11.1 Å². The molecule has 1 rings (SSSR count). The molecule has 3 N–H and O–H groups in total. The number of amides is 1. The van der Waals surface area contributed by atoms with E-state index in [1.807, 2.05) is 0 Å². The van der Waals surface area contributed by atoms with Gasteiger partial charge in [0.05, 0.1) is 5.92 Å². The van der Waals surface area contributed by atoms with Crippen LogP contribution in [0.4, 0.5) is 0 Å². The minimum Gasteiger partial charge on any atom is -0.353 e. The molecule has 17 heavy (non-hydrogen) atoms. The van der Waals surface area contributed by atoms with Crippen molar-refractivity contribution >= 4 is 5.91 Å². The van der Waals surface area contributed by atoms with Crippen LogP contribution in [0.15, 0.2) is 0 Å². The van der Waals surface area contributed by atoms with Crippen LogP contribution in [0, 0.1) is 11.8 Å². The first-order chi connectivity index (χ1) is 8.04. The summed E-state index contributed by atoms with van der Waals surface area (Å²) < 4.78 is 0. The van der Waals surface area contributed by atoms with Gasteiger partial charge in [-0.1, -0.05) is 33.1 Å². The quantitative estimate of drug-likeness (QED) is 0.775. The highest BCUT2D eigenvalue weighted by molar-refractivity contribution is 5.79. The van der Waals surface area contributed by atoms with E-state index in [1.54, 1.807) is 0 Å². The molecule has 1 fully saturated rings. The van der Waals surface area contributed by atoms with Crippen molar-refractivity contribution in [2.24, 2.45) is 17.6 Å². The maximum Gasteiger partial charge on any atom is 0.224 e. The Morgan fingerprint density at radius 3 is 2.59 bits per heavy atom. The van der Waals surface area contributed by atoms with Gasteiger partial charge in [-0.3, -0.25) is 4.79 Å². The van der Waals surface area contributed by atoms with Crippen molar-refractivity contribution < 1.29 is 4.79 Å². The Morgan fingerprint density at radius 1 is 1.35 bits per heavy atom. The van der Waals surface area contributed by atoms with E-state index in [2.05, 4.69) is 26.1 Å². The summed E-state index contributed by atoms with van der Waals surface area (Å²) in [5, 5.41) is 3.13. The highest BCUT2D eigenvalue weighted by atomic mass is 16.2. The van der Waals surface area contributed by atoms with Crippen LogP contribution in [-0.4, -0.2) is 18.0 Å². The molecule has 1 aliphatic carbocycles. The third kappa shape index (κ3) is 4.66. The first-order valence-electron chi connectivity index (χ1n) is 7.10. The zero-order valence-corrected chi connectivity index (χ0v) is 11.5. The standard InChI is InChI=1S/C14H28N2O/c1-4-10(2)9-11(3)16-14(17)12-7-5-6-8-13(12)15/h10-13H,4-9,15H2,1-3H3,(H,16,17). The molecule has 0 spiro atoms. The number of carbonyl (C=O) groups excluding carboxylic acids is 1. The molecule has 0 bridgehead atoms. The van der Waals surface area contributed by atoms with Gasteiger partial charge in [-0.2, -0.15) is 0 Å². The zero-order chi connectivity index (χ0) is 12.8. The third-order valence-corrected chi connectivity index (χ3v) is 4.00. The normalized spacial score (nSPS) is 28.5. The fourth-order valence-corrected chi connectivity index (χ4v) is 2.66. The van der Waals surface area contributed by atoms with Crippen LogP contribution in [0.5, 0.6) is 0 Å². The predicted octanol–water partition coefficient (Wildman–Crippen LogP) is 2.44. The summed E-state index contributed by atoms with van der Waals surface area (Å²) in [6.45, 7) is 6.52. The van der Waals surface area contributed by atoms with Gasteiger partial charge < -0.3 is 11.1 Å². The molecule has 4 atom stereocenters. The highest BCUT2D eigenvalue weighted by Crippen LogP contribution is 2.23. The first kappa shape index (κ1) is 14.5. The fraction of sp³-hybridized carbons (Fsp3) is 0.929. The topological polar surface area (TPSA) is 55.1 Å². The predicted molar refractivity (Wildman–Crippen MR) is 71.6 cm³/mol. The Kier molecular flexibility index (Phi) is 5.96. The Hall–Kier alpha value is -0.570. The van der Waals surface area contributed by atoms with E-state index in [-0.39, 0.29) is 23.9 Å². The summed E-state index contributed by atoms with van der Waals surface area (Å²) in [6, 6.07) is 0.339. The van der Waals surface area contributed by atoms with E-state index in [1.165, 1.54) is 12.8 Å². The third-order valence-electron chi connectivity index (χ3n) is 4.00. The smallest absolute Gasteiger partial charge is 0.224 e. The summed E-state index contributed by atoms with van der Waals surface area (Å²) in [6.07, 6.45) is 6.51. The van der Waals surface area contributed by atoms with Crippen LogP contribution in [0.3, 0.4) is 0 Å². The van der Waals surface area contributed by atoms with Gasteiger partial charge in [-0.15, -0.1) is 0 Å². The van der Waals surface area contributed by atoms with Crippen LogP contribution in [0.25, 0.3) is 0 Å². The van der Waals surface area contributed by atoms with Crippen molar-refractivity contribution in [3.05, 3.63) is 0 Å². The van der Waals surface area contributed by atoms with Gasteiger partial charge in [-0.05, 0) is 32.1 Å². The molecular weight excluding hydrogens is 212 g/mol. The molecule has 0 heterocycles. The molecule has 3 nitrogen and oxygen atoms in total. The summed E-state index contributed by atoms with van der Waals surface area (Å²) in [5.41, 5.74) is 6.02. The van der Waals surface area contributed by atoms with Crippen molar-refractivity contribution in [2.45, 2.75) is 71.4 Å². The van der Waals surface area contributed by atoms with Crippen LogP contribution in [0.1, 0.15) is 59.3 Å². The average molecular weight is 240 g/mol. The molecule has 1 amide bonds. The minimum absolute atomic E-state index is 0.0446. The summed E-state index contributed by atoms with van der Waals surface area (Å²) in [5.74, 6) is 0.890. The maximum atomic E-state index is 12.1. The molecule has 4 unspecified atom stereocenters. The van der Waals surface area contributed by atoms with Crippen molar-refractivity contribution in [1.29, 1.82) is 0 Å². The molecule has 3 heteroatoms. The monoisotopic (exact) mass is 240 g/mol. The molecule has 0 saturated heterocycles. The van der Waals surface area contributed by atoms with Gasteiger partial charge >= 0.3 is 0 Å². The lowest BCUT2D eigenvalue weighted by Crippen LogP contribution is -2.46. The molecular formula is C14H28N2O. The van der Waals surface area contributed by atoms with Gasteiger partial charge in [0.15, 0.2) is 0 Å². The number of hydrogen-bond donors (Lipinski definition) is 2. The van der Waals surface area contributed by atoms with E-state index in [4.69, 9.17) is 5.73 Å². The van der Waals surface area contributed by atoms with Gasteiger partial charge in [0.1, 0.15) is 0 Å². The van der Waals surface area contributed by atoms with Gasteiger partial charge in [-0.25, -0.2) is 0 Å². The molecule has 0 radical (unpaired) electrons. The van der Waals surface area contributed by atoms with Gasteiger partial charge in [0, 0.05) is 12.1 Å². The van der Waals surface area contributed by atoms with Crippen molar-refractivity contribution in [1.82, 2.24) is 5.32 Å². The number of hydrogen-bond acceptors (Lipinski definition) is 2. The Balaban J connectivity index is 2.37. The van der Waals surface area contributed by atoms with E-state index in [9.17, 15) is 4.79 Å². The summed E-state index contributed by atoms with van der Waals surface area (Å²) in [7, 11) is 0. The van der Waals surface area contributed by atoms with E-state index in [0.717, 1.165) is 25.7 Å². The minimum atomic E-state index is 0.0446. The summed E-state index contributed by atoms with van der Waals surface area (Å²) >= 11 is 0. The van der Waals surface area contributed by atoms with Crippen LogP contribution in [0.2, 0.25) is 0 Å². The highest BCUT2D eigenvalue weighted by Gasteiger charge is 2.28. The molecule has 100 valence electrons. The Labute approximate surface area is 106 Å².